The average molecular weight is 430 g/mol. The zero-order chi connectivity index (χ0) is 22.5. The highest BCUT2D eigenvalue weighted by Crippen LogP contribution is 2.23. The molecule has 0 saturated carbocycles. The summed E-state index contributed by atoms with van der Waals surface area (Å²) < 4.78 is 7.45. The SMILES string of the molecule is Cc1cc2c(C(=O)NC(CCNC(=O)c3cccn3C)Cc3ccccc3)cccc2o1. The number of carbonyl (C=O) groups excluding carboxylic acids is 2. The van der Waals surface area contributed by atoms with Crippen molar-refractivity contribution in [1.82, 2.24) is 15.2 Å². The fraction of sp³-hybridized carbons (Fsp3) is 0.231. The summed E-state index contributed by atoms with van der Waals surface area (Å²) in [7, 11) is 1.84. The van der Waals surface area contributed by atoms with E-state index in [4.69, 9.17) is 4.42 Å². The van der Waals surface area contributed by atoms with E-state index in [1.165, 1.54) is 0 Å². The van der Waals surface area contributed by atoms with Crippen molar-refractivity contribution in [2.75, 3.05) is 6.54 Å². The number of nitrogens with zero attached hydrogens (tertiary/aromatic N) is 1. The molecule has 0 aliphatic carbocycles. The van der Waals surface area contributed by atoms with Crippen molar-refractivity contribution >= 4 is 22.8 Å². The Balaban J connectivity index is 1.46. The van der Waals surface area contributed by atoms with Gasteiger partial charge in [-0.3, -0.25) is 9.59 Å². The lowest BCUT2D eigenvalue weighted by molar-refractivity contribution is 0.0933. The summed E-state index contributed by atoms with van der Waals surface area (Å²) in [4.78, 5) is 25.6. The number of rotatable bonds is 8. The van der Waals surface area contributed by atoms with E-state index in [9.17, 15) is 9.59 Å². The second-order valence-corrected chi connectivity index (χ2v) is 7.98. The maximum absolute atomic E-state index is 13.2. The highest BCUT2D eigenvalue weighted by atomic mass is 16.3. The number of carbonyl (C=O) groups is 2. The van der Waals surface area contributed by atoms with E-state index in [1.807, 2.05) is 80.8 Å². The first-order valence-electron chi connectivity index (χ1n) is 10.7. The normalized spacial score (nSPS) is 11.9. The van der Waals surface area contributed by atoms with Crippen molar-refractivity contribution in [2.24, 2.45) is 7.05 Å². The van der Waals surface area contributed by atoms with Crippen LogP contribution >= 0.6 is 0 Å². The van der Waals surface area contributed by atoms with Crippen LogP contribution in [-0.4, -0.2) is 29.0 Å². The third kappa shape index (κ3) is 4.91. The van der Waals surface area contributed by atoms with E-state index in [1.54, 1.807) is 10.6 Å². The molecule has 0 radical (unpaired) electrons. The van der Waals surface area contributed by atoms with E-state index in [-0.39, 0.29) is 17.9 Å². The maximum Gasteiger partial charge on any atom is 0.267 e. The summed E-state index contributed by atoms with van der Waals surface area (Å²) in [5.41, 5.74) is 3.02. The second-order valence-electron chi connectivity index (χ2n) is 7.98. The van der Waals surface area contributed by atoms with Crippen LogP contribution in [0.25, 0.3) is 11.0 Å². The van der Waals surface area contributed by atoms with Crippen molar-refractivity contribution in [2.45, 2.75) is 25.8 Å². The van der Waals surface area contributed by atoms with Gasteiger partial charge in [0, 0.05) is 31.2 Å². The van der Waals surface area contributed by atoms with Gasteiger partial charge in [0.15, 0.2) is 0 Å². The summed E-state index contributed by atoms with van der Waals surface area (Å²) in [6.45, 7) is 2.33. The Morgan fingerprint density at radius 3 is 2.56 bits per heavy atom. The number of aryl methyl sites for hydroxylation is 2. The summed E-state index contributed by atoms with van der Waals surface area (Å²) in [5.74, 6) is 0.497. The summed E-state index contributed by atoms with van der Waals surface area (Å²) in [6.07, 6.45) is 3.12. The smallest absolute Gasteiger partial charge is 0.267 e. The number of hydrogen-bond donors (Lipinski definition) is 2. The Morgan fingerprint density at radius 1 is 1.00 bits per heavy atom. The van der Waals surface area contributed by atoms with Crippen LogP contribution in [0, 0.1) is 6.92 Å². The minimum absolute atomic E-state index is 0.124. The minimum Gasteiger partial charge on any atom is -0.461 e. The molecule has 6 heteroatoms. The Hall–Kier alpha value is -3.80. The third-order valence-corrected chi connectivity index (χ3v) is 5.54. The number of fused-ring (bicyclic) bond motifs is 1. The highest BCUT2D eigenvalue weighted by molar-refractivity contribution is 6.06. The van der Waals surface area contributed by atoms with Gasteiger partial charge in [-0.15, -0.1) is 0 Å². The first-order chi connectivity index (χ1) is 15.5. The topological polar surface area (TPSA) is 76.3 Å². The van der Waals surface area contributed by atoms with E-state index < -0.39 is 0 Å². The van der Waals surface area contributed by atoms with Gasteiger partial charge in [0.25, 0.3) is 11.8 Å². The van der Waals surface area contributed by atoms with Crippen LogP contribution in [0.3, 0.4) is 0 Å². The number of benzene rings is 2. The molecule has 0 aliphatic rings. The lowest BCUT2D eigenvalue weighted by atomic mass is 10.0. The van der Waals surface area contributed by atoms with Crippen LogP contribution in [0.5, 0.6) is 0 Å². The molecule has 0 saturated heterocycles. The molecule has 4 aromatic rings. The number of aromatic nitrogens is 1. The van der Waals surface area contributed by atoms with Crippen LogP contribution in [0.4, 0.5) is 0 Å². The van der Waals surface area contributed by atoms with Crippen LogP contribution in [0.1, 0.15) is 38.6 Å². The standard InChI is InChI=1S/C26H27N3O3/c1-18-16-22-21(10-6-12-24(22)32-18)25(30)28-20(17-19-8-4-3-5-9-19)13-14-27-26(31)23-11-7-15-29(23)2/h3-12,15-16,20H,13-14,17H2,1-2H3,(H,27,31)(H,28,30). The molecular formula is C26H27N3O3. The Labute approximate surface area is 187 Å². The van der Waals surface area contributed by atoms with Gasteiger partial charge < -0.3 is 19.6 Å². The van der Waals surface area contributed by atoms with Gasteiger partial charge in [-0.1, -0.05) is 36.4 Å². The monoisotopic (exact) mass is 429 g/mol. The molecule has 2 N–H and O–H groups in total. The molecular weight excluding hydrogens is 402 g/mol. The molecule has 4 rings (SSSR count). The van der Waals surface area contributed by atoms with E-state index in [2.05, 4.69) is 10.6 Å². The molecule has 6 nitrogen and oxygen atoms in total. The summed E-state index contributed by atoms with van der Waals surface area (Å²) in [5, 5.41) is 6.93. The van der Waals surface area contributed by atoms with Crippen LogP contribution in [0.15, 0.2) is 77.3 Å². The van der Waals surface area contributed by atoms with Crippen molar-refractivity contribution < 1.29 is 14.0 Å². The largest absolute Gasteiger partial charge is 0.461 e. The first-order valence-corrected chi connectivity index (χ1v) is 10.7. The summed E-state index contributed by atoms with van der Waals surface area (Å²) in [6, 6.07) is 20.9. The van der Waals surface area contributed by atoms with Crippen molar-refractivity contribution in [3.05, 3.63) is 95.5 Å². The zero-order valence-corrected chi connectivity index (χ0v) is 18.3. The highest BCUT2D eigenvalue weighted by Gasteiger charge is 2.18. The molecule has 1 atom stereocenters. The van der Waals surface area contributed by atoms with E-state index in [0.717, 1.165) is 16.7 Å². The average Bonchev–Trinajstić information content (AvgIpc) is 3.38. The number of furan rings is 1. The number of hydrogen-bond acceptors (Lipinski definition) is 3. The predicted molar refractivity (Wildman–Crippen MR) is 125 cm³/mol. The molecule has 164 valence electrons. The molecule has 0 fully saturated rings. The molecule has 0 bridgehead atoms. The van der Waals surface area contributed by atoms with Gasteiger partial charge in [-0.05, 0) is 55.7 Å². The van der Waals surface area contributed by atoms with Gasteiger partial charge in [0.1, 0.15) is 17.0 Å². The van der Waals surface area contributed by atoms with Crippen LogP contribution < -0.4 is 10.6 Å². The van der Waals surface area contributed by atoms with Gasteiger partial charge in [0.2, 0.25) is 0 Å². The molecule has 0 spiro atoms. The second kappa shape index (κ2) is 9.56. The molecule has 2 aromatic carbocycles. The van der Waals surface area contributed by atoms with Crippen LogP contribution in [-0.2, 0) is 13.5 Å². The number of amides is 2. The zero-order valence-electron chi connectivity index (χ0n) is 18.3. The maximum atomic E-state index is 13.2. The lowest BCUT2D eigenvalue weighted by Crippen LogP contribution is -2.39. The molecule has 2 aromatic heterocycles. The van der Waals surface area contributed by atoms with Gasteiger partial charge in [0.05, 0.1) is 5.56 Å². The molecule has 0 aliphatic heterocycles. The van der Waals surface area contributed by atoms with Gasteiger partial charge in [-0.25, -0.2) is 0 Å². The molecule has 1 unspecified atom stereocenters. The Bertz CT molecular complexity index is 1220. The van der Waals surface area contributed by atoms with Gasteiger partial charge >= 0.3 is 0 Å². The molecule has 32 heavy (non-hydrogen) atoms. The Morgan fingerprint density at radius 2 is 1.81 bits per heavy atom. The molecule has 2 amide bonds. The summed E-state index contributed by atoms with van der Waals surface area (Å²) >= 11 is 0. The van der Waals surface area contributed by atoms with E-state index in [0.29, 0.717) is 36.2 Å². The predicted octanol–water partition coefficient (Wildman–Crippen LogP) is 4.24. The van der Waals surface area contributed by atoms with Crippen molar-refractivity contribution in [1.29, 1.82) is 0 Å². The quantitative estimate of drug-likeness (QED) is 0.440. The first kappa shape index (κ1) is 21.4. The van der Waals surface area contributed by atoms with E-state index >= 15 is 0 Å². The Kier molecular flexibility index (Phi) is 6.40. The number of nitrogens with one attached hydrogen (secondary N) is 2. The third-order valence-electron chi connectivity index (χ3n) is 5.54. The van der Waals surface area contributed by atoms with Crippen molar-refractivity contribution in [3.8, 4) is 0 Å². The van der Waals surface area contributed by atoms with Crippen molar-refractivity contribution in [3.63, 3.8) is 0 Å². The van der Waals surface area contributed by atoms with Gasteiger partial charge in [-0.2, -0.15) is 0 Å². The minimum atomic E-state index is -0.147. The fourth-order valence-electron chi connectivity index (χ4n) is 3.92. The lowest BCUT2D eigenvalue weighted by Gasteiger charge is -2.20. The fourth-order valence-corrected chi connectivity index (χ4v) is 3.92. The van der Waals surface area contributed by atoms with Crippen LogP contribution in [0.2, 0.25) is 0 Å². The molecule has 2 heterocycles.